The van der Waals surface area contributed by atoms with Gasteiger partial charge in [-0.15, -0.1) is 0 Å². The lowest BCUT2D eigenvalue weighted by atomic mass is 9.92. The molecule has 0 bridgehead atoms. The van der Waals surface area contributed by atoms with Crippen LogP contribution < -0.4 is 0 Å². The molecule has 3 rings (SSSR count). The van der Waals surface area contributed by atoms with Gasteiger partial charge in [-0.05, 0) is 36.8 Å². The van der Waals surface area contributed by atoms with Crippen LogP contribution in [0.4, 0.5) is 4.39 Å². The third-order valence-electron chi connectivity index (χ3n) is 4.11. The first-order valence-electron chi connectivity index (χ1n) is 7.81. The number of halogens is 1. The second-order valence-electron chi connectivity index (χ2n) is 5.85. The van der Waals surface area contributed by atoms with Crippen LogP contribution in [0.25, 0.3) is 0 Å². The fraction of sp³-hybridized carbons (Fsp3) is 0.389. The van der Waals surface area contributed by atoms with Crippen molar-refractivity contribution in [3.63, 3.8) is 0 Å². The van der Waals surface area contributed by atoms with Crippen LogP contribution in [0.5, 0.6) is 0 Å². The summed E-state index contributed by atoms with van der Waals surface area (Å²) in [6.07, 6.45) is 2.09. The van der Waals surface area contributed by atoms with Crippen molar-refractivity contribution >= 4 is 5.91 Å². The molecule has 0 radical (unpaired) electrons. The van der Waals surface area contributed by atoms with Gasteiger partial charge < -0.3 is 14.1 Å². The molecule has 1 fully saturated rings. The number of benzene rings is 1. The molecule has 122 valence electrons. The van der Waals surface area contributed by atoms with Crippen molar-refractivity contribution in [2.75, 3.05) is 19.7 Å². The zero-order valence-corrected chi connectivity index (χ0v) is 13.1. The fourth-order valence-corrected chi connectivity index (χ4v) is 2.91. The summed E-state index contributed by atoms with van der Waals surface area (Å²) in [5.74, 6) is 0.0853. The van der Waals surface area contributed by atoms with Gasteiger partial charge in [-0.25, -0.2) is 4.39 Å². The van der Waals surface area contributed by atoms with E-state index in [1.807, 2.05) is 17.9 Å². The maximum absolute atomic E-state index is 13.2. The molecule has 0 saturated carbocycles. The Balaban J connectivity index is 1.84. The topological polar surface area (TPSA) is 42.7 Å². The van der Waals surface area contributed by atoms with Gasteiger partial charge in [0.15, 0.2) is 0 Å². The Morgan fingerprint density at radius 2 is 2.13 bits per heavy atom. The number of morpholine rings is 1. The van der Waals surface area contributed by atoms with Crippen molar-refractivity contribution in [2.24, 2.45) is 0 Å². The second-order valence-corrected chi connectivity index (χ2v) is 5.85. The highest BCUT2D eigenvalue weighted by Crippen LogP contribution is 2.25. The molecule has 1 aromatic heterocycles. The van der Waals surface area contributed by atoms with Gasteiger partial charge in [-0.1, -0.05) is 12.1 Å². The van der Waals surface area contributed by atoms with Crippen molar-refractivity contribution in [1.29, 1.82) is 0 Å². The summed E-state index contributed by atoms with van der Waals surface area (Å²) in [6, 6.07) is 9.78. The smallest absolute Gasteiger partial charge is 0.230 e. The minimum atomic E-state index is -0.382. The Morgan fingerprint density at radius 3 is 2.78 bits per heavy atom. The quantitative estimate of drug-likeness (QED) is 0.870. The van der Waals surface area contributed by atoms with E-state index in [1.165, 1.54) is 12.1 Å². The summed E-state index contributed by atoms with van der Waals surface area (Å²) < 4.78 is 24.1. The van der Waals surface area contributed by atoms with Crippen molar-refractivity contribution in [3.05, 3.63) is 59.8 Å². The Bertz CT molecular complexity index is 639. The predicted molar refractivity (Wildman–Crippen MR) is 83.5 cm³/mol. The van der Waals surface area contributed by atoms with Crippen LogP contribution in [0, 0.1) is 5.82 Å². The zero-order valence-electron chi connectivity index (χ0n) is 13.1. The average molecular weight is 317 g/mol. The van der Waals surface area contributed by atoms with E-state index in [1.54, 1.807) is 24.5 Å². The van der Waals surface area contributed by atoms with Gasteiger partial charge in [-0.3, -0.25) is 4.79 Å². The summed E-state index contributed by atoms with van der Waals surface area (Å²) in [7, 11) is 0. The number of rotatable bonds is 4. The minimum absolute atomic E-state index is 0.0307. The van der Waals surface area contributed by atoms with Crippen LogP contribution in [-0.2, 0) is 16.0 Å². The standard InChI is InChI=1S/C18H20FNO3/c1-13-12-20(8-10-22-13)18(21)17(11-16-3-2-9-23-16)14-4-6-15(19)7-5-14/h2-7,9,13,17H,8,10-12H2,1H3. The van der Waals surface area contributed by atoms with Crippen LogP contribution >= 0.6 is 0 Å². The molecule has 2 unspecified atom stereocenters. The first kappa shape index (κ1) is 15.7. The van der Waals surface area contributed by atoms with Crippen LogP contribution in [0.2, 0.25) is 0 Å². The second kappa shape index (κ2) is 6.96. The molecule has 2 heterocycles. The number of carbonyl (C=O) groups is 1. The Kier molecular flexibility index (Phi) is 4.76. The lowest BCUT2D eigenvalue weighted by Crippen LogP contribution is -2.46. The molecule has 2 atom stereocenters. The van der Waals surface area contributed by atoms with E-state index in [9.17, 15) is 9.18 Å². The third-order valence-corrected chi connectivity index (χ3v) is 4.11. The number of ether oxygens (including phenoxy) is 1. The number of hydrogen-bond acceptors (Lipinski definition) is 3. The largest absolute Gasteiger partial charge is 0.469 e. The molecule has 23 heavy (non-hydrogen) atoms. The Morgan fingerprint density at radius 1 is 1.35 bits per heavy atom. The lowest BCUT2D eigenvalue weighted by Gasteiger charge is -2.33. The number of carbonyl (C=O) groups excluding carboxylic acids is 1. The summed E-state index contributed by atoms with van der Waals surface area (Å²) in [6.45, 7) is 3.66. The summed E-state index contributed by atoms with van der Waals surface area (Å²) in [5, 5.41) is 0. The highest BCUT2D eigenvalue weighted by atomic mass is 19.1. The maximum Gasteiger partial charge on any atom is 0.230 e. The summed E-state index contributed by atoms with van der Waals surface area (Å²) in [4.78, 5) is 14.8. The maximum atomic E-state index is 13.2. The molecular weight excluding hydrogens is 297 g/mol. The molecule has 1 saturated heterocycles. The van der Waals surface area contributed by atoms with Crippen molar-refractivity contribution in [2.45, 2.75) is 25.4 Å². The van der Waals surface area contributed by atoms with E-state index >= 15 is 0 Å². The number of furan rings is 1. The van der Waals surface area contributed by atoms with Crippen LogP contribution in [0.15, 0.2) is 47.1 Å². The number of amides is 1. The molecular formula is C18H20FNO3. The molecule has 1 amide bonds. The van der Waals surface area contributed by atoms with Gasteiger partial charge in [0.05, 0.1) is 24.9 Å². The highest BCUT2D eigenvalue weighted by molar-refractivity contribution is 5.84. The van der Waals surface area contributed by atoms with E-state index in [0.717, 1.165) is 11.3 Å². The average Bonchev–Trinajstić information content (AvgIpc) is 3.06. The highest BCUT2D eigenvalue weighted by Gasteiger charge is 2.29. The van der Waals surface area contributed by atoms with Gasteiger partial charge >= 0.3 is 0 Å². The van der Waals surface area contributed by atoms with E-state index in [-0.39, 0.29) is 23.7 Å². The van der Waals surface area contributed by atoms with Gasteiger partial charge in [0, 0.05) is 19.5 Å². The molecule has 0 aliphatic carbocycles. The molecule has 2 aromatic rings. The van der Waals surface area contributed by atoms with Crippen LogP contribution in [-0.4, -0.2) is 36.6 Å². The molecule has 0 N–H and O–H groups in total. The van der Waals surface area contributed by atoms with E-state index in [2.05, 4.69) is 0 Å². The van der Waals surface area contributed by atoms with E-state index in [0.29, 0.717) is 26.1 Å². The van der Waals surface area contributed by atoms with Gasteiger partial charge in [0.1, 0.15) is 11.6 Å². The van der Waals surface area contributed by atoms with Gasteiger partial charge in [0.25, 0.3) is 0 Å². The van der Waals surface area contributed by atoms with Gasteiger partial charge in [-0.2, -0.15) is 0 Å². The third kappa shape index (κ3) is 3.79. The lowest BCUT2D eigenvalue weighted by molar-refractivity contribution is -0.139. The Labute approximate surface area is 134 Å². The molecule has 0 spiro atoms. The monoisotopic (exact) mass is 317 g/mol. The summed E-state index contributed by atoms with van der Waals surface area (Å²) in [5.41, 5.74) is 0.798. The Hall–Kier alpha value is -2.14. The van der Waals surface area contributed by atoms with Crippen molar-refractivity contribution in [3.8, 4) is 0 Å². The molecule has 1 aliphatic heterocycles. The summed E-state index contributed by atoms with van der Waals surface area (Å²) >= 11 is 0. The molecule has 5 heteroatoms. The van der Waals surface area contributed by atoms with E-state index < -0.39 is 0 Å². The van der Waals surface area contributed by atoms with Crippen molar-refractivity contribution < 1.29 is 18.3 Å². The molecule has 1 aromatic carbocycles. The van der Waals surface area contributed by atoms with Gasteiger partial charge in [0.2, 0.25) is 5.91 Å². The molecule has 1 aliphatic rings. The van der Waals surface area contributed by atoms with E-state index in [4.69, 9.17) is 9.15 Å². The predicted octanol–water partition coefficient (Wildman–Crippen LogP) is 2.99. The number of nitrogens with zero attached hydrogens (tertiary/aromatic N) is 1. The first-order valence-corrected chi connectivity index (χ1v) is 7.81. The zero-order chi connectivity index (χ0) is 16.2. The first-order chi connectivity index (χ1) is 11.1. The molecule has 4 nitrogen and oxygen atoms in total. The number of hydrogen-bond donors (Lipinski definition) is 0. The van der Waals surface area contributed by atoms with Crippen LogP contribution in [0.1, 0.15) is 24.2 Å². The fourth-order valence-electron chi connectivity index (χ4n) is 2.91. The minimum Gasteiger partial charge on any atom is -0.469 e. The van der Waals surface area contributed by atoms with Crippen LogP contribution in [0.3, 0.4) is 0 Å². The normalized spacial score (nSPS) is 19.6. The van der Waals surface area contributed by atoms with Crippen molar-refractivity contribution in [1.82, 2.24) is 4.90 Å². The SMILES string of the molecule is CC1CN(C(=O)C(Cc2ccco2)c2ccc(F)cc2)CCO1.